The zero-order valence-electron chi connectivity index (χ0n) is 9.05. The first-order chi connectivity index (χ1) is 8.47. The molecule has 0 fully saturated rings. The van der Waals surface area contributed by atoms with Gasteiger partial charge in [0.1, 0.15) is 0 Å². The van der Waals surface area contributed by atoms with E-state index in [0.717, 1.165) is 6.07 Å². The molecule has 1 aromatic carbocycles. The number of nitrogens with one attached hydrogen (secondary N) is 2. The molecule has 18 heavy (non-hydrogen) atoms. The highest BCUT2D eigenvalue weighted by Gasteiger charge is 2.32. The summed E-state index contributed by atoms with van der Waals surface area (Å²) in [7, 11) is 0. The van der Waals surface area contributed by atoms with Crippen LogP contribution in [0.15, 0.2) is 30.6 Å². The Bertz CT molecular complexity index is 523. The Kier molecular flexibility index (Phi) is 3.79. The van der Waals surface area contributed by atoms with Gasteiger partial charge in [0.15, 0.2) is 5.95 Å². The first-order valence-corrected chi connectivity index (χ1v) is 6.13. The van der Waals surface area contributed by atoms with Gasteiger partial charge in [-0.05, 0) is 40.3 Å². The predicted molar refractivity (Wildman–Crippen MR) is 70.1 cm³/mol. The number of aromatic nitrogens is 2. The van der Waals surface area contributed by atoms with Crippen LogP contribution in [0.3, 0.4) is 0 Å². The number of hydrogen-bond donors (Lipinski definition) is 2. The Morgan fingerprint density at radius 1 is 1.33 bits per heavy atom. The third kappa shape index (κ3) is 3.15. The number of H-pyrrole nitrogens is 1. The number of hydrogen-bond acceptors (Lipinski definition) is 2. The average Bonchev–Trinajstić information content (AvgIpc) is 2.79. The molecule has 0 saturated heterocycles. The minimum absolute atomic E-state index is 0.196. The number of anilines is 1. The second-order valence-electron chi connectivity index (χ2n) is 3.60. The lowest BCUT2D eigenvalue weighted by molar-refractivity contribution is -0.138. The van der Waals surface area contributed by atoms with E-state index < -0.39 is 11.7 Å². The van der Waals surface area contributed by atoms with Gasteiger partial charge < -0.3 is 10.3 Å². The minimum Gasteiger partial charge on any atom is -0.352 e. The van der Waals surface area contributed by atoms with Crippen LogP contribution in [0.5, 0.6) is 0 Å². The fourth-order valence-electron chi connectivity index (χ4n) is 1.45. The van der Waals surface area contributed by atoms with Gasteiger partial charge in [-0.3, -0.25) is 0 Å². The molecule has 0 aliphatic carbocycles. The zero-order chi connectivity index (χ0) is 13.2. The molecule has 1 heterocycles. The van der Waals surface area contributed by atoms with E-state index in [1.54, 1.807) is 41.1 Å². The maximum absolute atomic E-state index is 12.7. The van der Waals surface area contributed by atoms with E-state index in [1.807, 2.05) is 0 Å². The number of rotatable bonds is 3. The number of halogens is 4. The van der Waals surface area contributed by atoms with Crippen LogP contribution in [0.1, 0.15) is 11.1 Å². The Labute approximate surface area is 115 Å². The van der Waals surface area contributed by atoms with Gasteiger partial charge in [-0.2, -0.15) is 13.2 Å². The first-order valence-electron chi connectivity index (χ1n) is 5.05. The highest BCUT2D eigenvalue weighted by molar-refractivity contribution is 14.1. The quantitative estimate of drug-likeness (QED) is 0.814. The number of nitrogens with zero attached hydrogens (tertiary/aromatic N) is 1. The van der Waals surface area contributed by atoms with Crippen LogP contribution in [0.4, 0.5) is 19.1 Å². The van der Waals surface area contributed by atoms with Crippen molar-refractivity contribution in [2.45, 2.75) is 12.7 Å². The van der Waals surface area contributed by atoms with E-state index in [1.165, 1.54) is 6.07 Å². The van der Waals surface area contributed by atoms with Gasteiger partial charge in [0.05, 0.1) is 5.56 Å². The van der Waals surface area contributed by atoms with Crippen LogP contribution in [-0.2, 0) is 12.7 Å². The second-order valence-corrected chi connectivity index (χ2v) is 4.77. The molecule has 0 unspecified atom stereocenters. The van der Waals surface area contributed by atoms with Crippen LogP contribution in [0.2, 0.25) is 0 Å². The number of aromatic amines is 1. The van der Waals surface area contributed by atoms with Crippen molar-refractivity contribution in [2.75, 3.05) is 5.32 Å². The molecule has 7 heteroatoms. The summed E-state index contributed by atoms with van der Waals surface area (Å²) in [5.41, 5.74) is -0.0546. The molecule has 96 valence electrons. The summed E-state index contributed by atoms with van der Waals surface area (Å²) in [5, 5.41) is 2.90. The van der Waals surface area contributed by atoms with Gasteiger partial charge in [0, 0.05) is 22.5 Å². The van der Waals surface area contributed by atoms with Crippen LogP contribution in [0, 0.1) is 3.57 Å². The van der Waals surface area contributed by atoms with Crippen molar-refractivity contribution in [3.8, 4) is 0 Å². The summed E-state index contributed by atoms with van der Waals surface area (Å²) in [6.07, 6.45) is -1.12. The van der Waals surface area contributed by atoms with E-state index in [0.29, 0.717) is 11.5 Å². The number of alkyl halides is 3. The number of benzene rings is 1. The zero-order valence-corrected chi connectivity index (χ0v) is 11.2. The molecule has 0 aliphatic heterocycles. The highest BCUT2D eigenvalue weighted by Crippen LogP contribution is 2.33. The normalized spacial score (nSPS) is 11.6. The summed E-state index contributed by atoms with van der Waals surface area (Å²) in [5.74, 6) is 0.530. The van der Waals surface area contributed by atoms with Gasteiger partial charge >= 0.3 is 6.18 Å². The molecule has 0 radical (unpaired) electrons. The van der Waals surface area contributed by atoms with Gasteiger partial charge in [-0.15, -0.1) is 0 Å². The van der Waals surface area contributed by atoms with Crippen LogP contribution < -0.4 is 5.32 Å². The fourth-order valence-corrected chi connectivity index (χ4v) is 2.09. The third-order valence-corrected chi connectivity index (χ3v) is 3.24. The van der Waals surface area contributed by atoms with E-state index in [4.69, 9.17) is 0 Å². The molecule has 2 aromatic rings. The molecule has 1 aromatic heterocycles. The standard InChI is InChI=1S/C11H9F3IN3/c12-11(13,14)8-5-7(1-2-9(8)15)6-18-10-16-3-4-17-10/h1-5H,6H2,(H2,16,17,18). The van der Waals surface area contributed by atoms with Gasteiger partial charge in [-0.25, -0.2) is 4.98 Å². The largest absolute Gasteiger partial charge is 0.417 e. The van der Waals surface area contributed by atoms with E-state index >= 15 is 0 Å². The Morgan fingerprint density at radius 3 is 2.72 bits per heavy atom. The molecule has 0 bridgehead atoms. The third-order valence-electron chi connectivity index (χ3n) is 2.29. The van der Waals surface area contributed by atoms with Gasteiger partial charge in [-0.1, -0.05) is 6.07 Å². The van der Waals surface area contributed by atoms with E-state index in [-0.39, 0.29) is 10.1 Å². The SMILES string of the molecule is FC(F)(F)c1cc(CNc2ncc[nH]2)ccc1I. The van der Waals surface area contributed by atoms with Gasteiger partial charge in [0.2, 0.25) is 0 Å². The highest BCUT2D eigenvalue weighted by atomic mass is 127. The van der Waals surface area contributed by atoms with Crippen molar-refractivity contribution in [3.05, 3.63) is 45.3 Å². The number of imidazole rings is 1. The molecular weight excluding hydrogens is 358 g/mol. The van der Waals surface area contributed by atoms with Crippen molar-refractivity contribution in [3.63, 3.8) is 0 Å². The smallest absolute Gasteiger partial charge is 0.352 e. The second kappa shape index (κ2) is 5.17. The molecule has 0 spiro atoms. The lowest BCUT2D eigenvalue weighted by atomic mass is 10.1. The first kappa shape index (κ1) is 13.2. The molecule has 3 nitrogen and oxygen atoms in total. The van der Waals surface area contributed by atoms with Gasteiger partial charge in [0.25, 0.3) is 0 Å². The summed E-state index contributed by atoms with van der Waals surface area (Å²) >= 11 is 1.68. The molecule has 0 atom stereocenters. The maximum atomic E-state index is 12.7. The van der Waals surface area contributed by atoms with Crippen LogP contribution in [-0.4, -0.2) is 9.97 Å². The minimum atomic E-state index is -4.32. The van der Waals surface area contributed by atoms with Crippen molar-refractivity contribution in [2.24, 2.45) is 0 Å². The van der Waals surface area contributed by atoms with Crippen molar-refractivity contribution in [1.82, 2.24) is 9.97 Å². The lowest BCUT2D eigenvalue weighted by Gasteiger charge is -2.11. The van der Waals surface area contributed by atoms with E-state index in [9.17, 15) is 13.2 Å². The van der Waals surface area contributed by atoms with Crippen molar-refractivity contribution < 1.29 is 13.2 Å². The van der Waals surface area contributed by atoms with Crippen molar-refractivity contribution >= 4 is 28.5 Å². The predicted octanol–water partition coefficient (Wildman–Crippen LogP) is 3.65. The van der Waals surface area contributed by atoms with Crippen LogP contribution in [0.25, 0.3) is 0 Å². The summed E-state index contributed by atoms with van der Waals surface area (Å²) < 4.78 is 38.3. The fraction of sp³-hybridized carbons (Fsp3) is 0.182. The summed E-state index contributed by atoms with van der Waals surface area (Å²) in [6, 6.07) is 4.27. The summed E-state index contributed by atoms with van der Waals surface area (Å²) in [4.78, 5) is 6.75. The molecule has 2 N–H and O–H groups in total. The Balaban J connectivity index is 2.15. The molecule has 2 rings (SSSR count). The summed E-state index contributed by atoms with van der Waals surface area (Å²) in [6.45, 7) is 0.285. The topological polar surface area (TPSA) is 40.7 Å². The monoisotopic (exact) mass is 367 g/mol. The molecule has 0 aliphatic rings. The maximum Gasteiger partial charge on any atom is 0.417 e. The molecule has 0 amide bonds. The molecular formula is C11H9F3IN3. The van der Waals surface area contributed by atoms with E-state index in [2.05, 4.69) is 15.3 Å². The van der Waals surface area contributed by atoms with Crippen molar-refractivity contribution in [1.29, 1.82) is 0 Å². The Morgan fingerprint density at radius 2 is 2.11 bits per heavy atom. The Hall–Kier alpha value is -1.25. The molecule has 0 saturated carbocycles. The average molecular weight is 367 g/mol. The van der Waals surface area contributed by atoms with Crippen LogP contribution >= 0.6 is 22.6 Å². The lowest BCUT2D eigenvalue weighted by Crippen LogP contribution is -2.09.